The first-order valence-corrected chi connectivity index (χ1v) is 5.61. The second-order valence-electron chi connectivity index (χ2n) is 3.37. The van der Waals surface area contributed by atoms with E-state index >= 15 is 0 Å². The summed E-state index contributed by atoms with van der Waals surface area (Å²) >= 11 is 0. The Morgan fingerprint density at radius 3 is 2.57 bits per heavy atom. The van der Waals surface area contributed by atoms with E-state index in [2.05, 4.69) is 13.8 Å². The summed E-state index contributed by atoms with van der Waals surface area (Å²) in [6.07, 6.45) is 9.97. The fourth-order valence-corrected chi connectivity index (χ4v) is 1.14. The van der Waals surface area contributed by atoms with Crippen LogP contribution in [-0.4, -0.2) is 12.6 Å². The van der Waals surface area contributed by atoms with Crippen LogP contribution in [0.15, 0.2) is 12.2 Å². The monoisotopic (exact) mass is 198 g/mol. The van der Waals surface area contributed by atoms with E-state index in [0.29, 0.717) is 13.0 Å². The number of carbonyl (C=O) groups is 1. The lowest BCUT2D eigenvalue weighted by molar-refractivity contribution is -0.142. The van der Waals surface area contributed by atoms with Gasteiger partial charge in [0.2, 0.25) is 0 Å². The third kappa shape index (κ3) is 9.30. The second kappa shape index (κ2) is 10.3. The molecule has 2 heteroatoms. The Hall–Kier alpha value is -0.790. The van der Waals surface area contributed by atoms with Crippen LogP contribution < -0.4 is 0 Å². The molecule has 0 unspecified atom stereocenters. The fraction of sp³-hybridized carbons (Fsp3) is 0.750. The molecule has 0 amide bonds. The van der Waals surface area contributed by atoms with E-state index in [4.69, 9.17) is 4.74 Å². The Kier molecular flexibility index (Phi) is 9.71. The van der Waals surface area contributed by atoms with Crippen molar-refractivity contribution in [2.24, 2.45) is 0 Å². The summed E-state index contributed by atoms with van der Waals surface area (Å²) in [6.45, 7) is 4.65. The Balaban J connectivity index is 3.24. The first-order chi connectivity index (χ1) is 6.81. The largest absolute Gasteiger partial charge is 0.461 e. The van der Waals surface area contributed by atoms with Gasteiger partial charge in [-0.05, 0) is 12.8 Å². The zero-order chi connectivity index (χ0) is 10.6. The van der Waals surface area contributed by atoms with Crippen molar-refractivity contribution in [2.45, 2.75) is 52.4 Å². The molecule has 0 aliphatic carbocycles. The van der Waals surface area contributed by atoms with Crippen molar-refractivity contribution < 1.29 is 9.53 Å². The predicted molar refractivity (Wildman–Crippen MR) is 59.1 cm³/mol. The minimum Gasteiger partial charge on any atom is -0.461 e. The van der Waals surface area contributed by atoms with Crippen LogP contribution in [0, 0.1) is 0 Å². The van der Waals surface area contributed by atoms with Crippen LogP contribution in [0.4, 0.5) is 0 Å². The van der Waals surface area contributed by atoms with E-state index < -0.39 is 0 Å². The fourth-order valence-electron chi connectivity index (χ4n) is 1.14. The quantitative estimate of drug-likeness (QED) is 0.339. The summed E-state index contributed by atoms with van der Waals surface area (Å²) in [4.78, 5) is 11.1. The molecule has 0 atom stereocenters. The standard InChI is InChI=1S/C12H22O2/c1-3-5-7-8-10-12(13)14-11-9-6-4-2/h6,9H,3-5,7-8,10-11H2,1-2H3. The van der Waals surface area contributed by atoms with Crippen molar-refractivity contribution in [3.63, 3.8) is 0 Å². The molecule has 0 saturated heterocycles. The predicted octanol–water partition coefficient (Wildman–Crippen LogP) is 3.47. The molecule has 82 valence electrons. The van der Waals surface area contributed by atoms with Gasteiger partial charge in [-0.2, -0.15) is 0 Å². The van der Waals surface area contributed by atoms with Crippen LogP contribution in [0.2, 0.25) is 0 Å². The molecule has 0 spiro atoms. The molecule has 0 aromatic carbocycles. The first kappa shape index (κ1) is 13.2. The van der Waals surface area contributed by atoms with Gasteiger partial charge in [-0.3, -0.25) is 4.79 Å². The van der Waals surface area contributed by atoms with Crippen molar-refractivity contribution in [3.8, 4) is 0 Å². The third-order valence-corrected chi connectivity index (χ3v) is 1.98. The first-order valence-electron chi connectivity index (χ1n) is 5.61. The number of hydrogen-bond acceptors (Lipinski definition) is 2. The maximum Gasteiger partial charge on any atom is 0.306 e. The van der Waals surface area contributed by atoms with E-state index in [1.165, 1.54) is 12.8 Å². The van der Waals surface area contributed by atoms with Crippen LogP contribution in [-0.2, 0) is 9.53 Å². The number of hydrogen-bond donors (Lipinski definition) is 0. The molecule has 0 rings (SSSR count). The summed E-state index contributed by atoms with van der Waals surface area (Å²) in [6, 6.07) is 0. The van der Waals surface area contributed by atoms with Crippen molar-refractivity contribution in [2.75, 3.05) is 6.61 Å². The minimum absolute atomic E-state index is 0.0677. The van der Waals surface area contributed by atoms with E-state index in [9.17, 15) is 4.79 Å². The molecule has 0 aromatic rings. The van der Waals surface area contributed by atoms with Gasteiger partial charge >= 0.3 is 5.97 Å². The Bertz CT molecular complexity index is 162. The summed E-state index contributed by atoms with van der Waals surface area (Å²) in [5.74, 6) is -0.0677. The van der Waals surface area contributed by atoms with Gasteiger partial charge in [-0.15, -0.1) is 0 Å². The average Bonchev–Trinajstić information content (AvgIpc) is 2.19. The van der Waals surface area contributed by atoms with Crippen molar-refractivity contribution >= 4 is 5.97 Å². The van der Waals surface area contributed by atoms with Crippen LogP contribution in [0.25, 0.3) is 0 Å². The van der Waals surface area contributed by atoms with Crippen LogP contribution in [0.1, 0.15) is 52.4 Å². The average molecular weight is 198 g/mol. The van der Waals surface area contributed by atoms with Gasteiger partial charge in [0.25, 0.3) is 0 Å². The number of esters is 1. The molecular formula is C12H22O2. The van der Waals surface area contributed by atoms with E-state index in [1.54, 1.807) is 0 Å². The molecule has 0 fully saturated rings. The number of allylic oxidation sites excluding steroid dienone is 1. The summed E-state index contributed by atoms with van der Waals surface area (Å²) in [5.41, 5.74) is 0. The molecule has 0 aromatic heterocycles. The van der Waals surface area contributed by atoms with Gasteiger partial charge in [0.1, 0.15) is 6.61 Å². The highest BCUT2D eigenvalue weighted by Gasteiger charge is 1.99. The third-order valence-electron chi connectivity index (χ3n) is 1.98. The second-order valence-corrected chi connectivity index (χ2v) is 3.37. The van der Waals surface area contributed by atoms with Crippen molar-refractivity contribution in [1.29, 1.82) is 0 Å². The smallest absolute Gasteiger partial charge is 0.306 e. The molecular weight excluding hydrogens is 176 g/mol. The maximum absolute atomic E-state index is 11.1. The SMILES string of the molecule is CCC=CCOC(=O)CCCCCC. The number of rotatable bonds is 8. The zero-order valence-corrected chi connectivity index (χ0v) is 9.42. The zero-order valence-electron chi connectivity index (χ0n) is 9.42. The molecule has 0 bridgehead atoms. The molecule has 0 aliphatic heterocycles. The van der Waals surface area contributed by atoms with Gasteiger partial charge < -0.3 is 4.74 Å². The van der Waals surface area contributed by atoms with Gasteiger partial charge in [0.15, 0.2) is 0 Å². The molecule has 0 aliphatic rings. The van der Waals surface area contributed by atoms with Crippen LogP contribution in [0.5, 0.6) is 0 Å². The lowest BCUT2D eigenvalue weighted by Crippen LogP contribution is -2.03. The molecule has 2 nitrogen and oxygen atoms in total. The van der Waals surface area contributed by atoms with Gasteiger partial charge in [0.05, 0.1) is 0 Å². The number of ether oxygens (including phenoxy) is 1. The summed E-state index contributed by atoms with van der Waals surface area (Å²) < 4.78 is 5.00. The highest BCUT2D eigenvalue weighted by molar-refractivity contribution is 5.69. The number of carbonyl (C=O) groups excluding carboxylic acids is 1. The lowest BCUT2D eigenvalue weighted by Gasteiger charge is -2.01. The molecule has 0 heterocycles. The van der Waals surface area contributed by atoms with Crippen molar-refractivity contribution in [1.82, 2.24) is 0 Å². The van der Waals surface area contributed by atoms with E-state index in [-0.39, 0.29) is 5.97 Å². The normalized spacial score (nSPS) is 10.7. The Morgan fingerprint density at radius 2 is 1.93 bits per heavy atom. The molecule has 0 N–H and O–H groups in total. The van der Waals surface area contributed by atoms with E-state index in [0.717, 1.165) is 19.3 Å². The maximum atomic E-state index is 11.1. The summed E-state index contributed by atoms with van der Waals surface area (Å²) in [5, 5.41) is 0. The molecule has 0 saturated carbocycles. The highest BCUT2D eigenvalue weighted by atomic mass is 16.5. The van der Waals surface area contributed by atoms with Gasteiger partial charge in [0, 0.05) is 6.42 Å². The molecule has 14 heavy (non-hydrogen) atoms. The topological polar surface area (TPSA) is 26.3 Å². The highest BCUT2D eigenvalue weighted by Crippen LogP contribution is 2.03. The number of unbranched alkanes of at least 4 members (excludes halogenated alkanes) is 3. The van der Waals surface area contributed by atoms with Gasteiger partial charge in [-0.1, -0.05) is 45.3 Å². The van der Waals surface area contributed by atoms with E-state index in [1.807, 2.05) is 12.2 Å². The lowest BCUT2D eigenvalue weighted by atomic mass is 10.2. The van der Waals surface area contributed by atoms with Gasteiger partial charge in [-0.25, -0.2) is 0 Å². The Labute approximate surface area is 87.3 Å². The minimum atomic E-state index is -0.0677. The summed E-state index contributed by atoms with van der Waals surface area (Å²) in [7, 11) is 0. The Morgan fingerprint density at radius 1 is 1.14 bits per heavy atom. The molecule has 0 radical (unpaired) electrons. The van der Waals surface area contributed by atoms with Crippen LogP contribution in [0.3, 0.4) is 0 Å². The van der Waals surface area contributed by atoms with Crippen molar-refractivity contribution in [3.05, 3.63) is 12.2 Å². The van der Waals surface area contributed by atoms with Crippen LogP contribution >= 0.6 is 0 Å².